The number of carbonyl (C=O) groups is 2. The smallest absolute Gasteiger partial charge is 0.254 e. The van der Waals surface area contributed by atoms with Gasteiger partial charge in [0.05, 0.1) is 5.41 Å². The fourth-order valence-electron chi connectivity index (χ4n) is 5.33. The summed E-state index contributed by atoms with van der Waals surface area (Å²) in [6, 6.07) is 14.7. The lowest BCUT2D eigenvalue weighted by Crippen LogP contribution is -2.49. The van der Waals surface area contributed by atoms with Crippen LogP contribution in [0, 0.1) is 0 Å². The van der Waals surface area contributed by atoms with E-state index in [0.717, 1.165) is 43.5 Å². The minimum atomic E-state index is -0.597. The summed E-state index contributed by atoms with van der Waals surface area (Å²) in [6.07, 6.45) is 4.26. The Morgan fingerprint density at radius 3 is 2.82 bits per heavy atom. The van der Waals surface area contributed by atoms with Crippen LogP contribution in [-0.2, 0) is 16.6 Å². The molecule has 2 aliphatic heterocycles. The first-order valence-electron chi connectivity index (χ1n) is 10.3. The Morgan fingerprint density at radius 1 is 1.14 bits per heavy atom. The van der Waals surface area contributed by atoms with Gasteiger partial charge in [-0.25, -0.2) is 0 Å². The molecular formula is C24H26N2O2. The summed E-state index contributed by atoms with van der Waals surface area (Å²) < 4.78 is 0. The molecule has 1 fully saturated rings. The van der Waals surface area contributed by atoms with Crippen molar-refractivity contribution in [2.75, 3.05) is 11.9 Å². The van der Waals surface area contributed by atoms with Crippen LogP contribution < -0.4 is 5.32 Å². The van der Waals surface area contributed by atoms with Gasteiger partial charge in [-0.1, -0.05) is 24.3 Å². The van der Waals surface area contributed by atoms with Crippen LogP contribution in [-0.4, -0.2) is 29.3 Å². The summed E-state index contributed by atoms with van der Waals surface area (Å²) in [4.78, 5) is 27.8. The van der Waals surface area contributed by atoms with Crippen LogP contribution >= 0.6 is 0 Å². The highest BCUT2D eigenvalue weighted by Crippen LogP contribution is 2.42. The third-order valence-corrected chi connectivity index (χ3v) is 6.96. The van der Waals surface area contributed by atoms with E-state index in [1.165, 1.54) is 11.1 Å². The number of hydrogen-bond donors (Lipinski definition) is 1. The number of benzene rings is 2. The molecule has 0 saturated carbocycles. The Kier molecular flexibility index (Phi) is 3.87. The highest BCUT2D eigenvalue weighted by atomic mass is 16.2. The van der Waals surface area contributed by atoms with Crippen LogP contribution in [0.4, 0.5) is 5.69 Å². The number of amides is 2. The number of carbonyl (C=O) groups excluding carboxylic acids is 2. The number of nitrogens with zero attached hydrogens (tertiary/aromatic N) is 1. The quantitative estimate of drug-likeness (QED) is 0.811. The zero-order valence-electron chi connectivity index (χ0n) is 16.5. The first-order chi connectivity index (χ1) is 13.5. The molecule has 4 heteroatoms. The summed E-state index contributed by atoms with van der Waals surface area (Å²) in [5, 5.41) is 2.93. The van der Waals surface area contributed by atoms with Gasteiger partial charge in [-0.3, -0.25) is 9.59 Å². The molecule has 4 nitrogen and oxygen atoms in total. The van der Waals surface area contributed by atoms with Gasteiger partial charge in [0.2, 0.25) is 5.91 Å². The number of anilines is 1. The van der Waals surface area contributed by atoms with Gasteiger partial charge in [0, 0.05) is 29.8 Å². The van der Waals surface area contributed by atoms with E-state index in [1.807, 2.05) is 32.0 Å². The third kappa shape index (κ3) is 2.50. The minimum absolute atomic E-state index is 0.00553. The number of piperidine rings is 1. The molecule has 0 aromatic heterocycles. The topological polar surface area (TPSA) is 49.4 Å². The molecule has 2 amide bonds. The van der Waals surface area contributed by atoms with Crippen molar-refractivity contribution in [3.8, 4) is 0 Å². The number of nitrogens with one attached hydrogen (secondary N) is 1. The summed E-state index contributed by atoms with van der Waals surface area (Å²) >= 11 is 0. The monoisotopic (exact) mass is 374 g/mol. The molecule has 0 spiro atoms. The Labute approximate surface area is 165 Å². The Hall–Kier alpha value is -2.62. The Bertz CT molecular complexity index is 978. The maximum absolute atomic E-state index is 13.5. The van der Waals surface area contributed by atoms with Crippen molar-refractivity contribution in [1.29, 1.82) is 0 Å². The Balaban J connectivity index is 1.47. The van der Waals surface area contributed by atoms with Crippen molar-refractivity contribution in [3.63, 3.8) is 0 Å². The van der Waals surface area contributed by atoms with Gasteiger partial charge in [-0.15, -0.1) is 0 Å². The molecule has 1 N–H and O–H groups in total. The van der Waals surface area contributed by atoms with Crippen molar-refractivity contribution in [2.24, 2.45) is 0 Å². The normalized spacial score (nSPS) is 24.8. The number of fused-ring (bicyclic) bond motifs is 4. The number of likely N-dealkylation sites (tertiary alicyclic amines) is 1. The summed E-state index contributed by atoms with van der Waals surface area (Å²) in [5.74, 6) is 0.540. The van der Waals surface area contributed by atoms with Crippen LogP contribution in [0.25, 0.3) is 0 Å². The zero-order valence-corrected chi connectivity index (χ0v) is 16.5. The summed E-state index contributed by atoms with van der Waals surface area (Å²) in [6.45, 7) is 4.65. The lowest BCUT2D eigenvalue weighted by Gasteiger charge is -2.45. The average Bonchev–Trinajstić information content (AvgIpc) is 2.95. The second-order valence-corrected chi connectivity index (χ2v) is 8.89. The van der Waals surface area contributed by atoms with Crippen LogP contribution in [0.1, 0.15) is 66.1 Å². The molecule has 2 aromatic rings. The molecule has 28 heavy (non-hydrogen) atoms. The molecule has 2 aromatic carbocycles. The van der Waals surface area contributed by atoms with E-state index < -0.39 is 5.41 Å². The van der Waals surface area contributed by atoms with Gasteiger partial charge >= 0.3 is 0 Å². The van der Waals surface area contributed by atoms with E-state index in [1.54, 1.807) is 0 Å². The second-order valence-electron chi connectivity index (χ2n) is 8.89. The van der Waals surface area contributed by atoms with Crippen molar-refractivity contribution in [1.82, 2.24) is 4.90 Å². The molecule has 5 rings (SSSR count). The molecule has 0 bridgehead atoms. The maximum Gasteiger partial charge on any atom is 0.254 e. The number of hydrogen-bond acceptors (Lipinski definition) is 2. The predicted molar refractivity (Wildman–Crippen MR) is 110 cm³/mol. The van der Waals surface area contributed by atoms with Crippen LogP contribution in [0.5, 0.6) is 0 Å². The van der Waals surface area contributed by atoms with Crippen molar-refractivity contribution in [3.05, 3.63) is 64.7 Å². The Morgan fingerprint density at radius 2 is 1.96 bits per heavy atom. The molecular weight excluding hydrogens is 348 g/mol. The van der Waals surface area contributed by atoms with Crippen LogP contribution in [0.15, 0.2) is 42.5 Å². The van der Waals surface area contributed by atoms with Crippen molar-refractivity contribution in [2.45, 2.75) is 56.9 Å². The van der Waals surface area contributed by atoms with E-state index >= 15 is 0 Å². The summed E-state index contributed by atoms with van der Waals surface area (Å²) in [5.41, 5.74) is 4.73. The van der Waals surface area contributed by atoms with E-state index in [-0.39, 0.29) is 17.9 Å². The molecule has 2 atom stereocenters. The first-order valence-corrected chi connectivity index (χ1v) is 10.3. The van der Waals surface area contributed by atoms with Gasteiger partial charge < -0.3 is 10.2 Å². The highest BCUT2D eigenvalue weighted by molar-refractivity contribution is 6.07. The fraction of sp³-hybridized carbons (Fsp3) is 0.417. The molecule has 0 unspecified atom stereocenters. The molecule has 144 valence electrons. The van der Waals surface area contributed by atoms with E-state index in [4.69, 9.17) is 0 Å². The van der Waals surface area contributed by atoms with Gasteiger partial charge in [0.25, 0.3) is 5.91 Å². The van der Waals surface area contributed by atoms with E-state index in [2.05, 4.69) is 34.5 Å². The minimum Gasteiger partial charge on any atom is -0.335 e. The molecule has 3 aliphatic rings. The predicted octanol–water partition coefficient (Wildman–Crippen LogP) is 4.25. The fourth-order valence-corrected chi connectivity index (χ4v) is 5.33. The standard InChI is InChI=1S/C24H26N2O2/c1-24(2)19-14-16(9-11-20(19)25-23(24)28)22(27)26-13-5-8-18-17-7-4-3-6-15(17)10-12-21(18)26/h3-4,6-7,9,11,14,18,21H,5,8,10,12-13H2,1-2H3,(H,25,28)/t18-,21+/m0/s1. The second kappa shape index (κ2) is 6.20. The summed E-state index contributed by atoms with van der Waals surface area (Å²) in [7, 11) is 0. The lowest BCUT2D eigenvalue weighted by atomic mass is 9.74. The van der Waals surface area contributed by atoms with Gasteiger partial charge in [0.1, 0.15) is 0 Å². The molecule has 1 saturated heterocycles. The molecule has 0 radical (unpaired) electrons. The van der Waals surface area contributed by atoms with Crippen LogP contribution in [0.3, 0.4) is 0 Å². The van der Waals surface area contributed by atoms with E-state index in [9.17, 15) is 9.59 Å². The molecule has 1 aliphatic carbocycles. The first kappa shape index (κ1) is 17.5. The van der Waals surface area contributed by atoms with Crippen LogP contribution in [0.2, 0.25) is 0 Å². The van der Waals surface area contributed by atoms with Gasteiger partial charge in [0.15, 0.2) is 0 Å². The van der Waals surface area contributed by atoms with E-state index in [0.29, 0.717) is 11.5 Å². The SMILES string of the molecule is CC1(C)C(=O)Nc2ccc(C(=O)N3CCC[C@H]4c5ccccc5CC[C@H]43)cc21. The lowest BCUT2D eigenvalue weighted by molar-refractivity contribution is -0.119. The van der Waals surface area contributed by atoms with Crippen molar-refractivity contribution < 1.29 is 9.59 Å². The molecule has 2 heterocycles. The zero-order chi connectivity index (χ0) is 19.5. The third-order valence-electron chi connectivity index (χ3n) is 6.96. The average molecular weight is 374 g/mol. The largest absolute Gasteiger partial charge is 0.335 e. The highest BCUT2D eigenvalue weighted by Gasteiger charge is 2.41. The van der Waals surface area contributed by atoms with Crippen molar-refractivity contribution >= 4 is 17.5 Å². The number of aryl methyl sites for hydroxylation is 1. The maximum atomic E-state index is 13.5. The van der Waals surface area contributed by atoms with Gasteiger partial charge in [-0.05, 0) is 74.4 Å². The van der Waals surface area contributed by atoms with Gasteiger partial charge in [-0.2, -0.15) is 0 Å². The number of rotatable bonds is 1.